The Bertz CT molecular complexity index is 280. The molecule has 0 bridgehead atoms. The Morgan fingerprint density at radius 2 is 2.53 bits per heavy atom. The standard InChI is InChI=1S/C11H17N3O/c1-2-3-4-11(15)14-8-7-13-9-10(14)5-6-12/h3-4,10,13H,2,5,7-9H2,1H3/b4-3+/t10-/m0/s1. The molecule has 4 heteroatoms. The molecule has 1 amide bonds. The molecular weight excluding hydrogens is 190 g/mol. The van der Waals surface area contributed by atoms with E-state index >= 15 is 0 Å². The van der Waals surface area contributed by atoms with Crippen molar-refractivity contribution in [2.75, 3.05) is 19.6 Å². The molecule has 0 unspecified atom stereocenters. The summed E-state index contributed by atoms with van der Waals surface area (Å²) in [5.74, 6) is 0.0265. The number of rotatable bonds is 3. The van der Waals surface area contributed by atoms with E-state index in [4.69, 9.17) is 5.26 Å². The SMILES string of the molecule is CC/C=C/C(=O)N1CCNC[C@@H]1CC#N. The highest BCUT2D eigenvalue weighted by Crippen LogP contribution is 2.07. The number of amides is 1. The molecule has 1 aliphatic heterocycles. The topological polar surface area (TPSA) is 56.1 Å². The fourth-order valence-corrected chi connectivity index (χ4v) is 1.65. The summed E-state index contributed by atoms with van der Waals surface area (Å²) in [4.78, 5) is 13.5. The van der Waals surface area contributed by atoms with Crippen LogP contribution in [0.1, 0.15) is 19.8 Å². The first-order chi connectivity index (χ1) is 7.29. The quantitative estimate of drug-likeness (QED) is 0.692. The van der Waals surface area contributed by atoms with Crippen LogP contribution in [0.25, 0.3) is 0 Å². The van der Waals surface area contributed by atoms with Gasteiger partial charge < -0.3 is 10.2 Å². The van der Waals surface area contributed by atoms with Gasteiger partial charge in [0.25, 0.3) is 0 Å². The third kappa shape index (κ3) is 3.37. The van der Waals surface area contributed by atoms with Crippen molar-refractivity contribution in [3.05, 3.63) is 12.2 Å². The second-order valence-electron chi connectivity index (χ2n) is 3.56. The van der Waals surface area contributed by atoms with Gasteiger partial charge >= 0.3 is 0 Å². The average molecular weight is 207 g/mol. The molecule has 4 nitrogen and oxygen atoms in total. The third-order valence-corrected chi connectivity index (χ3v) is 2.46. The molecule has 1 atom stereocenters. The number of piperazine rings is 1. The molecule has 1 heterocycles. The predicted octanol–water partition coefficient (Wildman–Crippen LogP) is 0.667. The fourth-order valence-electron chi connectivity index (χ4n) is 1.65. The highest BCUT2D eigenvalue weighted by molar-refractivity contribution is 5.87. The van der Waals surface area contributed by atoms with Crippen LogP contribution in [-0.4, -0.2) is 36.5 Å². The van der Waals surface area contributed by atoms with Gasteiger partial charge in [0, 0.05) is 19.6 Å². The van der Waals surface area contributed by atoms with E-state index in [1.54, 1.807) is 11.0 Å². The summed E-state index contributed by atoms with van der Waals surface area (Å²) in [6.07, 6.45) is 4.73. The maximum absolute atomic E-state index is 11.7. The van der Waals surface area contributed by atoms with Crippen molar-refractivity contribution in [1.82, 2.24) is 10.2 Å². The van der Waals surface area contributed by atoms with Gasteiger partial charge in [-0.05, 0) is 12.5 Å². The Labute approximate surface area is 90.6 Å². The van der Waals surface area contributed by atoms with Crippen LogP contribution >= 0.6 is 0 Å². The van der Waals surface area contributed by atoms with Gasteiger partial charge in [0.2, 0.25) is 5.91 Å². The number of carbonyl (C=O) groups excluding carboxylic acids is 1. The van der Waals surface area contributed by atoms with E-state index in [2.05, 4.69) is 11.4 Å². The Morgan fingerprint density at radius 1 is 1.73 bits per heavy atom. The van der Waals surface area contributed by atoms with E-state index in [0.29, 0.717) is 13.0 Å². The minimum absolute atomic E-state index is 0.0257. The van der Waals surface area contributed by atoms with Gasteiger partial charge in [-0.1, -0.05) is 13.0 Å². The van der Waals surface area contributed by atoms with Crippen LogP contribution in [0.5, 0.6) is 0 Å². The van der Waals surface area contributed by atoms with Crippen LogP contribution in [0.2, 0.25) is 0 Å². The maximum Gasteiger partial charge on any atom is 0.246 e. The van der Waals surface area contributed by atoms with Crippen LogP contribution in [-0.2, 0) is 4.79 Å². The average Bonchev–Trinajstić information content (AvgIpc) is 2.27. The molecule has 0 spiro atoms. The van der Waals surface area contributed by atoms with Crippen molar-refractivity contribution >= 4 is 5.91 Å². The largest absolute Gasteiger partial charge is 0.333 e. The van der Waals surface area contributed by atoms with Crippen molar-refractivity contribution < 1.29 is 4.79 Å². The lowest BCUT2D eigenvalue weighted by Crippen LogP contribution is -2.53. The number of nitrogens with one attached hydrogen (secondary N) is 1. The number of hydrogen-bond donors (Lipinski definition) is 1. The minimum atomic E-state index is 0.0257. The van der Waals surface area contributed by atoms with Crippen LogP contribution in [0.15, 0.2) is 12.2 Å². The van der Waals surface area contributed by atoms with Crippen LogP contribution < -0.4 is 5.32 Å². The van der Waals surface area contributed by atoms with E-state index in [9.17, 15) is 4.79 Å². The molecule has 1 aliphatic rings. The highest BCUT2D eigenvalue weighted by Gasteiger charge is 2.24. The Hall–Kier alpha value is -1.34. The first-order valence-electron chi connectivity index (χ1n) is 5.34. The lowest BCUT2D eigenvalue weighted by molar-refractivity contribution is -0.128. The molecule has 15 heavy (non-hydrogen) atoms. The molecule has 1 fully saturated rings. The number of nitriles is 1. The molecule has 0 aliphatic carbocycles. The second-order valence-corrected chi connectivity index (χ2v) is 3.56. The van der Waals surface area contributed by atoms with Gasteiger partial charge in [0.1, 0.15) is 0 Å². The third-order valence-electron chi connectivity index (χ3n) is 2.46. The molecule has 0 aromatic heterocycles. The summed E-state index contributed by atoms with van der Waals surface area (Å²) in [6.45, 7) is 4.22. The summed E-state index contributed by atoms with van der Waals surface area (Å²) in [5, 5.41) is 11.9. The Kier molecular flexibility index (Phi) is 4.85. The van der Waals surface area contributed by atoms with E-state index < -0.39 is 0 Å². The van der Waals surface area contributed by atoms with Gasteiger partial charge in [-0.25, -0.2) is 0 Å². The molecule has 82 valence electrons. The molecule has 1 saturated heterocycles. The van der Waals surface area contributed by atoms with E-state index in [0.717, 1.165) is 19.5 Å². The highest BCUT2D eigenvalue weighted by atomic mass is 16.2. The number of nitrogens with zero attached hydrogens (tertiary/aromatic N) is 2. The smallest absolute Gasteiger partial charge is 0.246 e. The van der Waals surface area contributed by atoms with E-state index in [1.807, 2.05) is 13.0 Å². The van der Waals surface area contributed by atoms with Crippen LogP contribution in [0.3, 0.4) is 0 Å². The summed E-state index contributed by atoms with van der Waals surface area (Å²) in [7, 11) is 0. The van der Waals surface area contributed by atoms with Crippen molar-refractivity contribution in [2.24, 2.45) is 0 Å². The maximum atomic E-state index is 11.7. The number of allylic oxidation sites excluding steroid dienone is 1. The van der Waals surface area contributed by atoms with E-state index in [1.165, 1.54) is 0 Å². The summed E-state index contributed by atoms with van der Waals surface area (Å²) < 4.78 is 0. The van der Waals surface area contributed by atoms with Crippen LogP contribution in [0.4, 0.5) is 0 Å². The van der Waals surface area contributed by atoms with Crippen molar-refractivity contribution in [2.45, 2.75) is 25.8 Å². The van der Waals surface area contributed by atoms with Gasteiger partial charge in [0.05, 0.1) is 18.5 Å². The monoisotopic (exact) mass is 207 g/mol. The number of carbonyl (C=O) groups is 1. The van der Waals surface area contributed by atoms with Gasteiger partial charge in [0.15, 0.2) is 0 Å². The molecule has 1 N–H and O–H groups in total. The van der Waals surface area contributed by atoms with E-state index in [-0.39, 0.29) is 11.9 Å². The summed E-state index contributed by atoms with van der Waals surface area (Å²) in [5.41, 5.74) is 0. The lowest BCUT2D eigenvalue weighted by atomic mass is 10.1. The van der Waals surface area contributed by atoms with Crippen molar-refractivity contribution in [1.29, 1.82) is 5.26 Å². The van der Waals surface area contributed by atoms with Gasteiger partial charge in [-0.15, -0.1) is 0 Å². The zero-order valence-electron chi connectivity index (χ0n) is 9.07. The summed E-state index contributed by atoms with van der Waals surface area (Å²) >= 11 is 0. The second kappa shape index (κ2) is 6.20. The number of hydrogen-bond acceptors (Lipinski definition) is 3. The molecular formula is C11H17N3O. The molecule has 0 aromatic carbocycles. The molecule has 0 saturated carbocycles. The zero-order chi connectivity index (χ0) is 11.1. The predicted molar refractivity (Wildman–Crippen MR) is 58.0 cm³/mol. The van der Waals surface area contributed by atoms with Gasteiger partial charge in [-0.3, -0.25) is 4.79 Å². The van der Waals surface area contributed by atoms with Crippen LogP contribution in [0, 0.1) is 11.3 Å². The summed E-state index contributed by atoms with van der Waals surface area (Å²) in [6, 6.07) is 2.15. The first kappa shape index (κ1) is 11.7. The molecule has 0 aromatic rings. The minimum Gasteiger partial charge on any atom is -0.333 e. The molecule has 1 rings (SSSR count). The molecule has 0 radical (unpaired) electrons. The zero-order valence-corrected chi connectivity index (χ0v) is 9.07. The lowest BCUT2D eigenvalue weighted by Gasteiger charge is -2.34. The first-order valence-corrected chi connectivity index (χ1v) is 5.34. The fraction of sp³-hybridized carbons (Fsp3) is 0.636. The van der Waals surface area contributed by atoms with Gasteiger partial charge in [-0.2, -0.15) is 5.26 Å². The van der Waals surface area contributed by atoms with Crippen molar-refractivity contribution in [3.8, 4) is 6.07 Å². The van der Waals surface area contributed by atoms with Crippen molar-refractivity contribution in [3.63, 3.8) is 0 Å². The Balaban J connectivity index is 2.59. The normalized spacial score (nSPS) is 21.6. The Morgan fingerprint density at radius 3 is 3.20 bits per heavy atom.